The lowest BCUT2D eigenvalue weighted by Crippen LogP contribution is -2.12. The molecule has 0 aliphatic rings. The first-order valence-corrected chi connectivity index (χ1v) is 9.86. The van der Waals surface area contributed by atoms with Crippen molar-refractivity contribution in [3.8, 4) is 22.6 Å². The Morgan fingerprint density at radius 2 is 1.69 bits per heavy atom. The maximum absolute atomic E-state index is 4.79. The first-order chi connectivity index (χ1) is 14.2. The van der Waals surface area contributed by atoms with E-state index < -0.39 is 0 Å². The van der Waals surface area contributed by atoms with E-state index in [-0.39, 0.29) is 0 Å². The third kappa shape index (κ3) is 4.73. The van der Waals surface area contributed by atoms with Crippen molar-refractivity contribution >= 4 is 28.0 Å². The van der Waals surface area contributed by atoms with E-state index in [2.05, 4.69) is 26.0 Å². The van der Waals surface area contributed by atoms with Crippen LogP contribution >= 0.6 is 15.9 Å². The average Bonchev–Trinajstić information content (AvgIpc) is 2.79. The Balaban J connectivity index is 1.75. The van der Waals surface area contributed by atoms with Crippen molar-refractivity contribution in [3.63, 3.8) is 0 Å². The molecule has 0 bridgehead atoms. The Morgan fingerprint density at radius 1 is 0.897 bits per heavy atom. The number of hydrogen-bond acceptors (Lipinski definition) is 5. The van der Waals surface area contributed by atoms with E-state index in [9.17, 15) is 0 Å². The lowest BCUT2D eigenvalue weighted by Gasteiger charge is -2.15. The van der Waals surface area contributed by atoms with Gasteiger partial charge in [-0.1, -0.05) is 64.5 Å². The summed E-state index contributed by atoms with van der Waals surface area (Å²) >= 11 is 3.48. The molecule has 0 spiro atoms. The van der Waals surface area contributed by atoms with Gasteiger partial charge in [-0.3, -0.25) is 9.99 Å². The summed E-state index contributed by atoms with van der Waals surface area (Å²) < 4.78 is 1.01. The van der Waals surface area contributed by atoms with Gasteiger partial charge in [0.1, 0.15) is 0 Å². The van der Waals surface area contributed by atoms with E-state index in [1.807, 2.05) is 79.8 Å². The van der Waals surface area contributed by atoms with Crippen LogP contribution in [0.15, 0.2) is 94.8 Å². The van der Waals surface area contributed by atoms with E-state index in [1.54, 1.807) is 23.6 Å². The fraction of sp³-hybridized carbons (Fsp3) is 0.0435. The molecule has 2 heterocycles. The fourth-order valence-corrected chi connectivity index (χ4v) is 3.01. The zero-order valence-corrected chi connectivity index (χ0v) is 17.4. The van der Waals surface area contributed by atoms with E-state index in [1.165, 1.54) is 0 Å². The summed E-state index contributed by atoms with van der Waals surface area (Å²) in [7, 11) is 1.87. The molecule has 142 valence electrons. The highest BCUT2D eigenvalue weighted by atomic mass is 79.9. The molecule has 0 unspecified atom stereocenters. The molecule has 0 saturated heterocycles. The van der Waals surface area contributed by atoms with Crippen LogP contribution in [0.1, 0.15) is 5.56 Å². The van der Waals surface area contributed by atoms with Gasteiger partial charge in [-0.25, -0.2) is 9.97 Å². The molecule has 5 nitrogen and oxygen atoms in total. The molecular weight excluding hydrogens is 426 g/mol. The van der Waals surface area contributed by atoms with Gasteiger partial charge in [0.2, 0.25) is 0 Å². The molecular formula is C23H18BrN5. The summed E-state index contributed by atoms with van der Waals surface area (Å²) in [5.74, 6) is 1.36. The van der Waals surface area contributed by atoms with E-state index in [0.717, 1.165) is 26.9 Å². The second-order valence-electron chi connectivity index (χ2n) is 6.36. The number of benzene rings is 2. The minimum Gasteiger partial charge on any atom is -0.264 e. The van der Waals surface area contributed by atoms with Crippen molar-refractivity contribution in [2.24, 2.45) is 5.10 Å². The maximum Gasteiger partial charge on any atom is 0.162 e. The van der Waals surface area contributed by atoms with Gasteiger partial charge in [-0.2, -0.15) is 5.10 Å². The molecule has 0 aliphatic carbocycles. The molecule has 0 N–H and O–H groups in total. The molecule has 4 rings (SSSR count). The van der Waals surface area contributed by atoms with Crippen molar-refractivity contribution in [3.05, 3.63) is 95.2 Å². The first-order valence-electron chi connectivity index (χ1n) is 9.07. The topological polar surface area (TPSA) is 54.3 Å². The third-order valence-corrected chi connectivity index (χ3v) is 4.81. The van der Waals surface area contributed by atoms with Crippen LogP contribution in [0, 0.1) is 0 Å². The molecule has 6 heteroatoms. The number of halogens is 1. The Bertz CT molecular complexity index is 1110. The van der Waals surface area contributed by atoms with Gasteiger partial charge in [-0.05, 0) is 18.2 Å². The Labute approximate surface area is 177 Å². The van der Waals surface area contributed by atoms with Crippen LogP contribution in [0.4, 0.5) is 5.82 Å². The second kappa shape index (κ2) is 8.75. The highest BCUT2D eigenvalue weighted by Gasteiger charge is 2.11. The van der Waals surface area contributed by atoms with Gasteiger partial charge >= 0.3 is 0 Å². The number of aromatic nitrogens is 3. The van der Waals surface area contributed by atoms with Gasteiger partial charge in [0, 0.05) is 46.7 Å². The van der Waals surface area contributed by atoms with Crippen molar-refractivity contribution in [2.45, 2.75) is 0 Å². The lowest BCUT2D eigenvalue weighted by molar-refractivity contribution is 0.972. The summed E-state index contributed by atoms with van der Waals surface area (Å²) in [6, 6.07) is 23.8. The van der Waals surface area contributed by atoms with Crippen LogP contribution in [0.2, 0.25) is 0 Å². The van der Waals surface area contributed by atoms with E-state index >= 15 is 0 Å². The number of rotatable bonds is 5. The van der Waals surface area contributed by atoms with Crippen LogP contribution in [0.5, 0.6) is 0 Å². The van der Waals surface area contributed by atoms with E-state index in [4.69, 9.17) is 9.97 Å². The minimum atomic E-state index is 0.650. The molecule has 0 radical (unpaired) electrons. The predicted octanol–water partition coefficient (Wildman–Crippen LogP) is 5.44. The van der Waals surface area contributed by atoms with Crippen molar-refractivity contribution in [2.75, 3.05) is 12.1 Å². The molecule has 0 fully saturated rings. The Hall–Kier alpha value is -3.38. The summed E-state index contributed by atoms with van der Waals surface area (Å²) in [6.07, 6.45) is 5.26. The molecule has 0 aliphatic heterocycles. The monoisotopic (exact) mass is 443 g/mol. The highest BCUT2D eigenvalue weighted by Crippen LogP contribution is 2.26. The molecule has 2 aromatic carbocycles. The van der Waals surface area contributed by atoms with Crippen molar-refractivity contribution in [1.82, 2.24) is 15.0 Å². The summed E-state index contributed by atoms with van der Waals surface area (Å²) in [4.78, 5) is 13.6. The van der Waals surface area contributed by atoms with Gasteiger partial charge in [-0.15, -0.1) is 0 Å². The summed E-state index contributed by atoms with van der Waals surface area (Å²) in [6.45, 7) is 0. The zero-order chi connectivity index (χ0) is 20.1. The Kier molecular flexibility index (Phi) is 5.72. The smallest absolute Gasteiger partial charge is 0.162 e. The average molecular weight is 444 g/mol. The Morgan fingerprint density at radius 3 is 2.41 bits per heavy atom. The quantitative estimate of drug-likeness (QED) is 0.304. The molecule has 0 amide bonds. The van der Waals surface area contributed by atoms with Crippen LogP contribution in [-0.2, 0) is 0 Å². The maximum atomic E-state index is 4.79. The fourth-order valence-electron chi connectivity index (χ4n) is 2.75. The van der Waals surface area contributed by atoms with Gasteiger partial charge in [0.15, 0.2) is 11.6 Å². The van der Waals surface area contributed by atoms with E-state index in [0.29, 0.717) is 11.6 Å². The van der Waals surface area contributed by atoms with Crippen LogP contribution in [-0.4, -0.2) is 28.2 Å². The molecule has 0 saturated carbocycles. The number of hydrogen-bond donors (Lipinski definition) is 0. The van der Waals surface area contributed by atoms with Crippen molar-refractivity contribution in [1.29, 1.82) is 0 Å². The highest BCUT2D eigenvalue weighted by molar-refractivity contribution is 9.10. The molecule has 2 aromatic heterocycles. The van der Waals surface area contributed by atoms with Gasteiger partial charge < -0.3 is 0 Å². The second-order valence-corrected chi connectivity index (χ2v) is 7.28. The number of pyridine rings is 1. The normalized spacial score (nSPS) is 11.0. The van der Waals surface area contributed by atoms with Gasteiger partial charge in [0.25, 0.3) is 0 Å². The number of nitrogens with zero attached hydrogens (tertiary/aromatic N) is 5. The van der Waals surface area contributed by atoms with Crippen molar-refractivity contribution < 1.29 is 0 Å². The first kappa shape index (κ1) is 19.0. The third-order valence-electron chi connectivity index (χ3n) is 4.28. The predicted molar refractivity (Wildman–Crippen MR) is 121 cm³/mol. The minimum absolute atomic E-state index is 0.650. The van der Waals surface area contributed by atoms with Crippen LogP contribution in [0.25, 0.3) is 22.6 Å². The van der Waals surface area contributed by atoms with Crippen LogP contribution in [0.3, 0.4) is 0 Å². The molecule has 29 heavy (non-hydrogen) atoms. The van der Waals surface area contributed by atoms with Gasteiger partial charge in [0.05, 0.1) is 11.9 Å². The zero-order valence-electron chi connectivity index (χ0n) is 15.8. The summed E-state index contributed by atoms with van der Waals surface area (Å²) in [5, 5.41) is 6.26. The number of anilines is 1. The SMILES string of the molecule is CN(N=Cc1cccnc1)c1cc(-c2ccccc2)nc(-c2ccc(Br)cc2)n1. The largest absolute Gasteiger partial charge is 0.264 e. The lowest BCUT2D eigenvalue weighted by atomic mass is 10.1. The van der Waals surface area contributed by atoms with Crippen LogP contribution < -0.4 is 5.01 Å². The molecule has 4 aromatic rings. The standard InChI is InChI=1S/C23H18BrN5/c1-29(26-16-17-6-5-13-25-15-17)22-14-21(18-7-3-2-4-8-18)27-23(28-22)19-9-11-20(24)12-10-19/h2-16H,1H3. The summed E-state index contributed by atoms with van der Waals surface area (Å²) in [5.41, 5.74) is 3.73. The number of hydrazone groups is 1. The molecule has 0 atom stereocenters.